The molecule has 3 N–H and O–H groups in total. The fourth-order valence-electron chi connectivity index (χ4n) is 2.47. The van der Waals surface area contributed by atoms with Gasteiger partial charge in [0, 0.05) is 31.4 Å². The summed E-state index contributed by atoms with van der Waals surface area (Å²) >= 11 is 1.41. The lowest BCUT2D eigenvalue weighted by Gasteiger charge is -2.05. The summed E-state index contributed by atoms with van der Waals surface area (Å²) in [7, 11) is 1.84. The van der Waals surface area contributed by atoms with E-state index in [1.807, 2.05) is 13.1 Å². The first-order valence-electron chi connectivity index (χ1n) is 8.10. The first-order valence-corrected chi connectivity index (χ1v) is 8.92. The highest BCUT2D eigenvalue weighted by Gasteiger charge is 2.17. The van der Waals surface area contributed by atoms with Crippen LogP contribution in [-0.2, 0) is 13.6 Å². The van der Waals surface area contributed by atoms with Gasteiger partial charge in [0.25, 0.3) is 11.8 Å². The van der Waals surface area contributed by atoms with Gasteiger partial charge in [-0.15, -0.1) is 11.3 Å². The minimum Gasteiger partial charge on any atom is -0.367 e. The molecule has 3 aromatic heterocycles. The van der Waals surface area contributed by atoms with E-state index in [-0.39, 0.29) is 11.8 Å². The van der Waals surface area contributed by atoms with E-state index < -0.39 is 0 Å². The molecule has 0 aromatic carbocycles. The number of hydrogen-bond acceptors (Lipinski definition) is 4. The molecule has 132 valence electrons. The summed E-state index contributed by atoms with van der Waals surface area (Å²) in [6, 6.07) is 3.56. The minimum atomic E-state index is -0.162. The highest BCUT2D eigenvalue weighted by atomic mass is 32.1. The van der Waals surface area contributed by atoms with E-state index in [1.54, 1.807) is 23.1 Å². The van der Waals surface area contributed by atoms with Crippen LogP contribution in [0.5, 0.6) is 0 Å². The molecule has 8 heteroatoms. The number of H-pyrrole nitrogens is 1. The van der Waals surface area contributed by atoms with Gasteiger partial charge >= 0.3 is 0 Å². The monoisotopic (exact) mass is 359 g/mol. The number of rotatable bonds is 6. The molecular formula is C17H21N5O2S. The number of fused-ring (bicyclic) bond motifs is 1. The Bertz CT molecular complexity index is 892. The van der Waals surface area contributed by atoms with Crippen LogP contribution in [-0.4, -0.2) is 33.1 Å². The Morgan fingerprint density at radius 2 is 2.12 bits per heavy atom. The minimum absolute atomic E-state index is 0.0720. The lowest BCUT2D eigenvalue weighted by Crippen LogP contribution is -2.26. The predicted octanol–water partition coefficient (Wildman–Crippen LogP) is 2.28. The zero-order valence-electron chi connectivity index (χ0n) is 14.4. The number of nitrogens with one attached hydrogen (secondary N) is 3. The zero-order valence-corrected chi connectivity index (χ0v) is 15.2. The van der Waals surface area contributed by atoms with Crippen molar-refractivity contribution in [1.82, 2.24) is 25.4 Å². The first kappa shape index (κ1) is 17.2. The highest BCUT2D eigenvalue weighted by Crippen LogP contribution is 2.28. The molecule has 3 heterocycles. The molecule has 0 fully saturated rings. The first-order chi connectivity index (χ1) is 12.0. The van der Waals surface area contributed by atoms with E-state index in [1.165, 1.54) is 11.3 Å². The van der Waals surface area contributed by atoms with E-state index in [0.717, 1.165) is 15.9 Å². The molecular weight excluding hydrogens is 338 g/mol. The third-order valence-corrected chi connectivity index (χ3v) is 4.96. The van der Waals surface area contributed by atoms with Crippen molar-refractivity contribution in [2.24, 2.45) is 13.0 Å². The Labute approximate surface area is 149 Å². The Hall–Kier alpha value is -2.61. The Balaban J connectivity index is 1.75. The largest absolute Gasteiger partial charge is 0.367 e. The van der Waals surface area contributed by atoms with Crippen molar-refractivity contribution in [3.05, 3.63) is 40.7 Å². The van der Waals surface area contributed by atoms with Gasteiger partial charge in [0.2, 0.25) is 0 Å². The molecule has 7 nitrogen and oxygen atoms in total. The fourth-order valence-corrected chi connectivity index (χ4v) is 3.48. The molecule has 2 amide bonds. The molecule has 0 saturated carbocycles. The van der Waals surface area contributed by atoms with Crippen LogP contribution in [0.2, 0.25) is 0 Å². The SMILES string of the molecule is CC(C)CNC(=O)c1cc2c(CNC(=O)c3cc[nH]c3)nn(C)c2s1. The van der Waals surface area contributed by atoms with Crippen molar-refractivity contribution in [2.75, 3.05) is 6.54 Å². The number of aryl methyl sites for hydroxylation is 1. The normalized spacial score (nSPS) is 11.2. The third kappa shape index (κ3) is 3.74. The fraction of sp³-hybridized carbons (Fsp3) is 0.353. The van der Waals surface area contributed by atoms with Gasteiger partial charge in [-0.2, -0.15) is 5.10 Å². The maximum absolute atomic E-state index is 12.3. The van der Waals surface area contributed by atoms with Gasteiger partial charge in [-0.25, -0.2) is 0 Å². The van der Waals surface area contributed by atoms with Crippen LogP contribution in [0.15, 0.2) is 24.5 Å². The maximum Gasteiger partial charge on any atom is 0.261 e. The quantitative estimate of drug-likeness (QED) is 0.630. The molecule has 3 rings (SSSR count). The predicted molar refractivity (Wildman–Crippen MR) is 97.7 cm³/mol. The van der Waals surface area contributed by atoms with Crippen molar-refractivity contribution in [3.63, 3.8) is 0 Å². The van der Waals surface area contributed by atoms with Gasteiger partial charge in [-0.3, -0.25) is 14.3 Å². The second-order valence-electron chi connectivity index (χ2n) is 6.29. The molecule has 0 bridgehead atoms. The molecule has 0 atom stereocenters. The molecule has 0 spiro atoms. The zero-order chi connectivity index (χ0) is 18.0. The standard InChI is InChI=1S/C17H21N5O2S/c1-10(2)7-19-16(24)14-6-12-13(21-22(3)17(12)25-14)9-20-15(23)11-4-5-18-8-11/h4-6,8,10,18H,7,9H2,1-3H3,(H,19,24)(H,20,23). The van der Waals surface area contributed by atoms with Crippen LogP contribution in [0.25, 0.3) is 10.2 Å². The number of hydrogen-bond donors (Lipinski definition) is 3. The van der Waals surface area contributed by atoms with Crippen molar-refractivity contribution in [1.29, 1.82) is 0 Å². The third-order valence-electron chi connectivity index (χ3n) is 3.76. The van der Waals surface area contributed by atoms with Gasteiger partial charge in [0.1, 0.15) is 4.83 Å². The summed E-state index contributed by atoms with van der Waals surface area (Å²) in [5, 5.41) is 11.1. The van der Waals surface area contributed by atoms with Gasteiger partial charge in [0.05, 0.1) is 22.7 Å². The highest BCUT2D eigenvalue weighted by molar-refractivity contribution is 7.20. The van der Waals surface area contributed by atoms with Gasteiger partial charge in [0.15, 0.2) is 0 Å². The lowest BCUT2D eigenvalue weighted by molar-refractivity contribution is 0.0943. The maximum atomic E-state index is 12.3. The van der Waals surface area contributed by atoms with Crippen LogP contribution in [0.3, 0.4) is 0 Å². The summed E-state index contributed by atoms with van der Waals surface area (Å²) in [5.74, 6) is 0.168. The van der Waals surface area contributed by atoms with Gasteiger partial charge < -0.3 is 15.6 Å². The van der Waals surface area contributed by atoms with E-state index >= 15 is 0 Å². The average Bonchev–Trinajstić information content (AvgIpc) is 3.29. The molecule has 3 aromatic rings. The number of amides is 2. The number of aromatic nitrogens is 3. The van der Waals surface area contributed by atoms with Gasteiger partial charge in [-0.05, 0) is 18.1 Å². The van der Waals surface area contributed by atoms with Gasteiger partial charge in [-0.1, -0.05) is 13.8 Å². The second kappa shape index (κ2) is 7.10. The number of aromatic amines is 1. The van der Waals surface area contributed by atoms with Crippen LogP contribution < -0.4 is 10.6 Å². The van der Waals surface area contributed by atoms with E-state index in [4.69, 9.17) is 0 Å². The Morgan fingerprint density at radius 1 is 1.32 bits per heavy atom. The van der Waals surface area contributed by atoms with E-state index in [0.29, 0.717) is 29.4 Å². The van der Waals surface area contributed by atoms with Crippen molar-refractivity contribution < 1.29 is 9.59 Å². The Kier molecular flexibility index (Phi) is 4.89. The molecule has 0 radical (unpaired) electrons. The number of carbonyl (C=O) groups excluding carboxylic acids is 2. The van der Waals surface area contributed by atoms with Crippen LogP contribution in [0, 0.1) is 5.92 Å². The summed E-state index contributed by atoms with van der Waals surface area (Å²) < 4.78 is 1.75. The number of carbonyl (C=O) groups is 2. The molecule has 0 aliphatic heterocycles. The van der Waals surface area contributed by atoms with Crippen molar-refractivity contribution in [2.45, 2.75) is 20.4 Å². The van der Waals surface area contributed by atoms with Crippen molar-refractivity contribution >= 4 is 33.4 Å². The second-order valence-corrected chi connectivity index (χ2v) is 7.32. The number of nitrogens with zero attached hydrogens (tertiary/aromatic N) is 2. The molecule has 0 aliphatic carbocycles. The molecule has 0 unspecified atom stereocenters. The van der Waals surface area contributed by atoms with Crippen LogP contribution in [0.4, 0.5) is 0 Å². The van der Waals surface area contributed by atoms with E-state index in [2.05, 4.69) is 34.6 Å². The summed E-state index contributed by atoms with van der Waals surface area (Å²) in [5.41, 5.74) is 1.33. The van der Waals surface area contributed by atoms with Crippen LogP contribution >= 0.6 is 11.3 Å². The van der Waals surface area contributed by atoms with E-state index in [9.17, 15) is 9.59 Å². The molecule has 0 aliphatic rings. The summed E-state index contributed by atoms with van der Waals surface area (Å²) in [6.07, 6.45) is 3.35. The van der Waals surface area contributed by atoms with Crippen LogP contribution in [0.1, 0.15) is 39.6 Å². The number of thiophene rings is 1. The summed E-state index contributed by atoms with van der Waals surface area (Å²) in [4.78, 5) is 28.7. The molecule has 25 heavy (non-hydrogen) atoms. The topological polar surface area (TPSA) is 91.8 Å². The lowest BCUT2D eigenvalue weighted by atomic mass is 10.2. The molecule has 0 saturated heterocycles. The summed E-state index contributed by atoms with van der Waals surface area (Å²) in [6.45, 7) is 5.07. The average molecular weight is 359 g/mol. The Morgan fingerprint density at radius 3 is 2.80 bits per heavy atom. The smallest absolute Gasteiger partial charge is 0.261 e. The van der Waals surface area contributed by atoms with Crippen molar-refractivity contribution in [3.8, 4) is 0 Å².